The van der Waals surface area contributed by atoms with Gasteiger partial charge in [0.25, 0.3) is 0 Å². The molecule has 0 saturated carbocycles. The number of aliphatic hydroxyl groups is 1. The number of hydrogen-bond donors (Lipinski definition) is 4. The Bertz CT molecular complexity index is 521. The van der Waals surface area contributed by atoms with Crippen LogP contribution in [0.15, 0.2) is 30.3 Å². The third-order valence-corrected chi connectivity index (χ3v) is 2.78. The number of benzene rings is 1. The lowest BCUT2D eigenvalue weighted by Crippen LogP contribution is -2.48. The first-order valence-corrected chi connectivity index (χ1v) is 7.15. The molecule has 0 heterocycles. The Morgan fingerprint density at radius 3 is 2.57 bits per heavy atom. The summed E-state index contributed by atoms with van der Waals surface area (Å²) in [6.07, 6.45) is -0.748. The fraction of sp³-hybridized carbons (Fsp3) is 0.400. The molecule has 1 rings (SSSR count). The fourth-order valence-corrected chi connectivity index (χ4v) is 1.58. The van der Waals surface area contributed by atoms with Gasteiger partial charge in [0.15, 0.2) is 0 Å². The van der Waals surface area contributed by atoms with E-state index in [4.69, 9.17) is 9.84 Å². The first-order valence-electron chi connectivity index (χ1n) is 7.15. The van der Waals surface area contributed by atoms with Crippen molar-refractivity contribution in [1.29, 1.82) is 0 Å². The van der Waals surface area contributed by atoms with Crippen LogP contribution >= 0.6 is 0 Å². The van der Waals surface area contributed by atoms with E-state index in [-0.39, 0.29) is 26.3 Å². The van der Waals surface area contributed by atoms with Gasteiger partial charge in [-0.05, 0) is 12.5 Å². The molecule has 126 valence electrons. The van der Waals surface area contributed by atoms with Crippen molar-refractivity contribution in [1.82, 2.24) is 16.0 Å². The highest BCUT2D eigenvalue weighted by molar-refractivity contribution is 5.99. The van der Waals surface area contributed by atoms with E-state index in [1.807, 2.05) is 30.3 Å². The molecule has 1 atom stereocenters. The highest BCUT2D eigenvalue weighted by Crippen LogP contribution is 2.00. The lowest BCUT2D eigenvalue weighted by atomic mass is 10.2. The average Bonchev–Trinajstić information content (AvgIpc) is 2.54. The molecule has 0 radical (unpaired) electrons. The van der Waals surface area contributed by atoms with Crippen molar-refractivity contribution in [3.05, 3.63) is 35.9 Å². The summed E-state index contributed by atoms with van der Waals surface area (Å²) in [5.41, 5.74) is 0.824. The van der Waals surface area contributed by atoms with Gasteiger partial charge < -0.3 is 20.5 Å². The van der Waals surface area contributed by atoms with E-state index in [1.165, 1.54) is 6.92 Å². The van der Waals surface area contributed by atoms with Gasteiger partial charge in [0.1, 0.15) is 12.6 Å². The largest absolute Gasteiger partial charge is 0.445 e. The van der Waals surface area contributed by atoms with Crippen LogP contribution in [-0.4, -0.2) is 48.8 Å². The zero-order valence-corrected chi connectivity index (χ0v) is 12.9. The summed E-state index contributed by atoms with van der Waals surface area (Å²) in [6, 6.07) is 8.19. The normalized spacial score (nSPS) is 11.4. The molecule has 3 amide bonds. The molecule has 0 unspecified atom stereocenters. The fourth-order valence-electron chi connectivity index (χ4n) is 1.58. The average molecular weight is 323 g/mol. The van der Waals surface area contributed by atoms with E-state index >= 15 is 0 Å². The Kier molecular flexibility index (Phi) is 8.33. The second kappa shape index (κ2) is 10.3. The van der Waals surface area contributed by atoms with Crippen LogP contribution in [-0.2, 0) is 20.9 Å². The van der Waals surface area contributed by atoms with E-state index in [2.05, 4.69) is 16.0 Å². The molecule has 4 N–H and O–H groups in total. The topological polar surface area (TPSA) is 117 Å². The molecule has 0 aliphatic heterocycles. The minimum atomic E-state index is -0.917. The Morgan fingerprint density at radius 2 is 1.91 bits per heavy atom. The minimum absolute atomic E-state index is 0.0883. The van der Waals surface area contributed by atoms with Crippen LogP contribution in [0.5, 0.6) is 0 Å². The number of amides is 3. The van der Waals surface area contributed by atoms with Crippen molar-refractivity contribution in [3.63, 3.8) is 0 Å². The van der Waals surface area contributed by atoms with Crippen LogP contribution in [0, 0.1) is 0 Å². The van der Waals surface area contributed by atoms with Crippen molar-refractivity contribution in [3.8, 4) is 0 Å². The monoisotopic (exact) mass is 323 g/mol. The molecule has 1 aromatic carbocycles. The lowest BCUT2D eigenvalue weighted by Gasteiger charge is -2.13. The lowest BCUT2D eigenvalue weighted by molar-refractivity contribution is -0.130. The zero-order chi connectivity index (χ0) is 17.1. The van der Waals surface area contributed by atoms with Gasteiger partial charge in [-0.3, -0.25) is 14.9 Å². The number of nitrogens with one attached hydrogen (secondary N) is 3. The molecule has 0 aliphatic carbocycles. The molecule has 1 aromatic rings. The maximum atomic E-state index is 11.7. The van der Waals surface area contributed by atoms with Crippen LogP contribution in [0.3, 0.4) is 0 Å². The van der Waals surface area contributed by atoms with Crippen LogP contribution in [0.25, 0.3) is 0 Å². The quantitative estimate of drug-likeness (QED) is 0.480. The number of hydrogen-bond acceptors (Lipinski definition) is 6. The van der Waals surface area contributed by atoms with E-state index in [0.29, 0.717) is 0 Å². The van der Waals surface area contributed by atoms with Crippen molar-refractivity contribution < 1.29 is 24.2 Å². The number of rotatable bonds is 8. The maximum Gasteiger partial charge on any atom is 0.408 e. The Morgan fingerprint density at radius 1 is 1.22 bits per heavy atom. The molecular formula is C15H21N3O5. The second-order valence-electron chi connectivity index (χ2n) is 4.74. The van der Waals surface area contributed by atoms with Gasteiger partial charge in [0.05, 0.1) is 13.2 Å². The number of carbonyl (C=O) groups excluding carboxylic acids is 3. The Balaban J connectivity index is 2.28. The summed E-state index contributed by atoms with van der Waals surface area (Å²) < 4.78 is 4.98. The van der Waals surface area contributed by atoms with E-state index in [1.54, 1.807) is 0 Å². The number of ether oxygens (including phenoxy) is 1. The van der Waals surface area contributed by atoms with E-state index in [0.717, 1.165) is 5.56 Å². The summed E-state index contributed by atoms with van der Waals surface area (Å²) in [6.45, 7) is 1.57. The summed E-state index contributed by atoms with van der Waals surface area (Å²) in [5.74, 6) is -1.19. The number of carbonyl (C=O) groups is 3. The van der Waals surface area contributed by atoms with E-state index in [9.17, 15) is 14.4 Å². The Labute approximate surface area is 134 Å². The van der Waals surface area contributed by atoms with Gasteiger partial charge in [-0.2, -0.15) is 0 Å². The number of imide groups is 1. The van der Waals surface area contributed by atoms with Crippen molar-refractivity contribution in [2.24, 2.45) is 0 Å². The second-order valence-corrected chi connectivity index (χ2v) is 4.74. The highest BCUT2D eigenvalue weighted by atomic mass is 16.5. The van der Waals surface area contributed by atoms with Gasteiger partial charge in [0.2, 0.25) is 11.8 Å². The van der Waals surface area contributed by atoms with Gasteiger partial charge >= 0.3 is 6.09 Å². The van der Waals surface area contributed by atoms with Gasteiger partial charge in [-0.25, -0.2) is 4.79 Å². The van der Waals surface area contributed by atoms with Crippen LogP contribution < -0.4 is 16.0 Å². The molecule has 0 aliphatic rings. The zero-order valence-electron chi connectivity index (χ0n) is 12.9. The molecule has 23 heavy (non-hydrogen) atoms. The summed E-state index contributed by atoms with van der Waals surface area (Å²) in [4.78, 5) is 34.7. The number of alkyl carbamates (subject to hydrolysis) is 1. The first-order chi connectivity index (χ1) is 11.0. The SMILES string of the molecule is C[C@H](NC(=O)OCc1ccccc1)C(=O)NC(=O)CNCCO. The smallest absolute Gasteiger partial charge is 0.408 e. The van der Waals surface area contributed by atoms with Gasteiger partial charge in [0, 0.05) is 6.54 Å². The molecule has 0 bridgehead atoms. The molecule has 0 saturated heterocycles. The minimum Gasteiger partial charge on any atom is -0.445 e. The summed E-state index contributed by atoms with van der Waals surface area (Å²) in [7, 11) is 0. The third kappa shape index (κ3) is 7.93. The highest BCUT2D eigenvalue weighted by Gasteiger charge is 2.18. The van der Waals surface area contributed by atoms with Gasteiger partial charge in [-0.1, -0.05) is 30.3 Å². The molecular weight excluding hydrogens is 302 g/mol. The Hall–Kier alpha value is -2.45. The molecule has 0 fully saturated rings. The molecule has 0 spiro atoms. The summed E-state index contributed by atoms with van der Waals surface area (Å²) in [5, 5.41) is 15.7. The van der Waals surface area contributed by atoms with Crippen molar-refractivity contribution >= 4 is 17.9 Å². The molecule has 8 nitrogen and oxygen atoms in total. The first kappa shape index (κ1) is 18.6. The predicted molar refractivity (Wildman–Crippen MR) is 82.3 cm³/mol. The van der Waals surface area contributed by atoms with E-state index < -0.39 is 23.9 Å². The predicted octanol–water partition coefficient (Wildman–Crippen LogP) is -0.474. The third-order valence-electron chi connectivity index (χ3n) is 2.78. The van der Waals surface area contributed by atoms with Crippen molar-refractivity contribution in [2.45, 2.75) is 19.6 Å². The number of aliphatic hydroxyl groups excluding tert-OH is 1. The standard InChI is InChI=1S/C15H21N3O5/c1-11(14(21)18-13(20)9-16-7-8-19)17-15(22)23-10-12-5-3-2-4-6-12/h2-6,11,16,19H,7-10H2,1H3,(H,17,22)(H,18,20,21)/t11-/m0/s1. The van der Waals surface area contributed by atoms with Crippen LogP contribution in [0.4, 0.5) is 4.79 Å². The maximum absolute atomic E-state index is 11.7. The van der Waals surface area contributed by atoms with Crippen LogP contribution in [0.1, 0.15) is 12.5 Å². The molecule has 8 heteroatoms. The van der Waals surface area contributed by atoms with Gasteiger partial charge in [-0.15, -0.1) is 0 Å². The van der Waals surface area contributed by atoms with Crippen LogP contribution in [0.2, 0.25) is 0 Å². The summed E-state index contributed by atoms with van der Waals surface area (Å²) >= 11 is 0. The van der Waals surface area contributed by atoms with Crippen molar-refractivity contribution in [2.75, 3.05) is 19.7 Å². The molecule has 0 aromatic heterocycles.